The number of unbranched alkanes of at least 4 members (excludes halogenated alkanes) is 1. The Morgan fingerprint density at radius 2 is 1.80 bits per heavy atom. The number of amides is 2. The van der Waals surface area contributed by atoms with E-state index in [0.29, 0.717) is 25.3 Å². The number of benzene rings is 1. The number of nitrogens with zero attached hydrogens (tertiary/aromatic N) is 1. The molecular formula is C20H28N2O3. The van der Waals surface area contributed by atoms with Crippen LogP contribution in [-0.4, -0.2) is 42.5 Å². The third-order valence-electron chi connectivity index (χ3n) is 4.94. The molecule has 1 N–H and O–H groups in total. The summed E-state index contributed by atoms with van der Waals surface area (Å²) in [6.07, 6.45) is 5.87. The molecule has 0 spiro atoms. The van der Waals surface area contributed by atoms with E-state index < -0.39 is 0 Å². The SMILES string of the molecule is CCCCOc1ccc(C(=O)N2CCC(NC(=O)C3CC3)CC2)cc1. The zero-order valence-corrected chi connectivity index (χ0v) is 15.0. The number of hydrogen-bond donors (Lipinski definition) is 1. The summed E-state index contributed by atoms with van der Waals surface area (Å²) in [6, 6.07) is 7.62. The first-order chi connectivity index (χ1) is 12.2. The molecule has 0 unspecified atom stereocenters. The van der Waals surface area contributed by atoms with Crippen LogP contribution in [0.4, 0.5) is 0 Å². The van der Waals surface area contributed by atoms with Crippen molar-refractivity contribution in [2.75, 3.05) is 19.7 Å². The van der Waals surface area contributed by atoms with Crippen LogP contribution in [-0.2, 0) is 4.79 Å². The number of hydrogen-bond acceptors (Lipinski definition) is 3. The molecule has 1 aliphatic carbocycles. The third-order valence-corrected chi connectivity index (χ3v) is 4.94. The standard InChI is InChI=1S/C20H28N2O3/c1-2-3-14-25-18-8-6-16(7-9-18)20(24)22-12-10-17(11-13-22)21-19(23)15-4-5-15/h6-9,15,17H,2-5,10-14H2,1H3,(H,21,23). The predicted octanol–water partition coefficient (Wildman–Crippen LogP) is 3.00. The second kappa shape index (κ2) is 8.37. The van der Waals surface area contributed by atoms with E-state index in [9.17, 15) is 9.59 Å². The van der Waals surface area contributed by atoms with Gasteiger partial charge >= 0.3 is 0 Å². The van der Waals surface area contributed by atoms with Gasteiger partial charge in [0.15, 0.2) is 0 Å². The lowest BCUT2D eigenvalue weighted by atomic mass is 10.0. The zero-order chi connectivity index (χ0) is 17.6. The average molecular weight is 344 g/mol. The molecule has 1 aromatic rings. The minimum atomic E-state index is 0.0621. The molecule has 2 aliphatic rings. The van der Waals surface area contributed by atoms with Gasteiger partial charge in [-0.2, -0.15) is 0 Å². The first-order valence-electron chi connectivity index (χ1n) is 9.50. The lowest BCUT2D eigenvalue weighted by Gasteiger charge is -2.32. The van der Waals surface area contributed by atoms with Gasteiger partial charge in [0.05, 0.1) is 6.61 Å². The first kappa shape index (κ1) is 17.8. The van der Waals surface area contributed by atoms with Crippen LogP contribution in [0.2, 0.25) is 0 Å². The van der Waals surface area contributed by atoms with Crippen molar-refractivity contribution < 1.29 is 14.3 Å². The topological polar surface area (TPSA) is 58.6 Å². The Hall–Kier alpha value is -2.04. The summed E-state index contributed by atoms with van der Waals surface area (Å²) in [5.74, 6) is 1.32. The molecule has 2 fully saturated rings. The lowest BCUT2D eigenvalue weighted by Crippen LogP contribution is -2.46. The lowest BCUT2D eigenvalue weighted by molar-refractivity contribution is -0.123. The van der Waals surface area contributed by atoms with Gasteiger partial charge in [0.2, 0.25) is 5.91 Å². The van der Waals surface area contributed by atoms with Crippen molar-refractivity contribution in [1.82, 2.24) is 10.2 Å². The van der Waals surface area contributed by atoms with Gasteiger partial charge in [0, 0.05) is 30.6 Å². The van der Waals surface area contributed by atoms with Crippen LogP contribution < -0.4 is 10.1 Å². The Kier molecular flexibility index (Phi) is 5.95. The molecule has 0 bridgehead atoms. The van der Waals surface area contributed by atoms with Crippen molar-refractivity contribution in [2.24, 2.45) is 5.92 Å². The summed E-state index contributed by atoms with van der Waals surface area (Å²) in [6.45, 7) is 4.24. The molecule has 0 aromatic heterocycles. The normalized spacial score (nSPS) is 18.0. The Balaban J connectivity index is 1.46. The number of likely N-dealkylation sites (tertiary alicyclic amines) is 1. The molecule has 5 heteroatoms. The van der Waals surface area contributed by atoms with Crippen LogP contribution in [0.25, 0.3) is 0 Å². The Morgan fingerprint density at radius 1 is 1.12 bits per heavy atom. The molecule has 3 rings (SSSR count). The molecule has 136 valence electrons. The maximum Gasteiger partial charge on any atom is 0.253 e. The molecule has 25 heavy (non-hydrogen) atoms. The maximum absolute atomic E-state index is 12.6. The van der Waals surface area contributed by atoms with Crippen LogP contribution >= 0.6 is 0 Å². The maximum atomic E-state index is 12.6. The number of ether oxygens (including phenoxy) is 1. The van der Waals surface area contributed by atoms with Crippen LogP contribution in [0.15, 0.2) is 24.3 Å². The average Bonchev–Trinajstić information content (AvgIpc) is 3.48. The summed E-state index contributed by atoms with van der Waals surface area (Å²) >= 11 is 0. The molecule has 0 atom stereocenters. The second-order valence-electron chi connectivity index (χ2n) is 7.08. The third kappa shape index (κ3) is 4.97. The van der Waals surface area contributed by atoms with Crippen LogP contribution in [0.5, 0.6) is 5.75 Å². The summed E-state index contributed by atoms with van der Waals surface area (Å²) in [7, 11) is 0. The quantitative estimate of drug-likeness (QED) is 0.774. The van der Waals surface area contributed by atoms with Gasteiger partial charge in [-0.15, -0.1) is 0 Å². The second-order valence-corrected chi connectivity index (χ2v) is 7.08. The summed E-state index contributed by atoms with van der Waals surface area (Å²) in [5, 5.41) is 3.12. The smallest absolute Gasteiger partial charge is 0.253 e. The number of carbonyl (C=O) groups excluding carboxylic acids is 2. The molecule has 1 saturated carbocycles. The van der Waals surface area contributed by atoms with Crippen molar-refractivity contribution in [2.45, 2.75) is 51.5 Å². The largest absolute Gasteiger partial charge is 0.494 e. The van der Waals surface area contributed by atoms with E-state index in [2.05, 4.69) is 12.2 Å². The van der Waals surface area contributed by atoms with Gasteiger partial charge in [-0.1, -0.05) is 13.3 Å². The van der Waals surface area contributed by atoms with Crippen molar-refractivity contribution in [3.8, 4) is 5.75 Å². The van der Waals surface area contributed by atoms with Crippen molar-refractivity contribution >= 4 is 11.8 Å². The Morgan fingerprint density at radius 3 is 2.40 bits per heavy atom. The highest BCUT2D eigenvalue weighted by Gasteiger charge is 2.32. The van der Waals surface area contributed by atoms with E-state index in [1.807, 2.05) is 29.2 Å². The van der Waals surface area contributed by atoms with Gasteiger partial charge in [0.1, 0.15) is 5.75 Å². The van der Waals surface area contributed by atoms with E-state index in [4.69, 9.17) is 4.74 Å². The molecule has 1 aliphatic heterocycles. The van der Waals surface area contributed by atoms with E-state index >= 15 is 0 Å². The number of nitrogens with one attached hydrogen (secondary N) is 1. The van der Waals surface area contributed by atoms with E-state index in [-0.39, 0.29) is 23.8 Å². The van der Waals surface area contributed by atoms with Gasteiger partial charge in [-0.05, 0) is 56.4 Å². The summed E-state index contributed by atoms with van der Waals surface area (Å²) in [5.41, 5.74) is 0.698. The van der Waals surface area contributed by atoms with Gasteiger partial charge < -0.3 is 15.0 Å². The minimum absolute atomic E-state index is 0.0621. The highest BCUT2D eigenvalue weighted by molar-refractivity contribution is 5.94. The van der Waals surface area contributed by atoms with Crippen LogP contribution in [0.1, 0.15) is 55.8 Å². The number of carbonyl (C=O) groups is 2. The predicted molar refractivity (Wildman–Crippen MR) is 96.6 cm³/mol. The Bertz CT molecular complexity index is 587. The van der Waals surface area contributed by atoms with E-state index in [1.165, 1.54) is 0 Å². The van der Waals surface area contributed by atoms with Gasteiger partial charge in [0.25, 0.3) is 5.91 Å². The van der Waals surface area contributed by atoms with Gasteiger partial charge in [-0.25, -0.2) is 0 Å². The molecule has 5 nitrogen and oxygen atoms in total. The van der Waals surface area contributed by atoms with Gasteiger partial charge in [-0.3, -0.25) is 9.59 Å². The molecule has 0 radical (unpaired) electrons. The number of rotatable bonds is 7. The molecular weight excluding hydrogens is 316 g/mol. The fourth-order valence-corrected chi connectivity index (χ4v) is 3.10. The van der Waals surface area contributed by atoms with Crippen molar-refractivity contribution in [1.29, 1.82) is 0 Å². The highest BCUT2D eigenvalue weighted by Crippen LogP contribution is 2.29. The fourth-order valence-electron chi connectivity index (χ4n) is 3.10. The van der Waals surface area contributed by atoms with Crippen molar-refractivity contribution in [3.63, 3.8) is 0 Å². The van der Waals surface area contributed by atoms with Crippen molar-refractivity contribution in [3.05, 3.63) is 29.8 Å². The molecule has 1 aromatic carbocycles. The molecule has 1 heterocycles. The minimum Gasteiger partial charge on any atom is -0.494 e. The van der Waals surface area contributed by atoms with E-state index in [1.54, 1.807) is 0 Å². The summed E-state index contributed by atoms with van der Waals surface area (Å²) in [4.78, 5) is 26.3. The molecule has 2 amide bonds. The highest BCUT2D eigenvalue weighted by atomic mass is 16.5. The summed E-state index contributed by atoms with van der Waals surface area (Å²) < 4.78 is 5.64. The monoisotopic (exact) mass is 344 g/mol. The van der Waals surface area contributed by atoms with Crippen LogP contribution in [0, 0.1) is 5.92 Å². The van der Waals surface area contributed by atoms with Crippen LogP contribution in [0.3, 0.4) is 0 Å². The Labute approximate surface area is 149 Å². The number of piperidine rings is 1. The zero-order valence-electron chi connectivity index (χ0n) is 15.0. The van der Waals surface area contributed by atoms with E-state index in [0.717, 1.165) is 44.3 Å². The first-order valence-corrected chi connectivity index (χ1v) is 9.50. The molecule has 1 saturated heterocycles. The fraction of sp³-hybridized carbons (Fsp3) is 0.600.